The molecule has 6 rings (SSSR count). The van der Waals surface area contributed by atoms with Crippen molar-refractivity contribution in [3.05, 3.63) is 106 Å². The molecule has 2 aromatic heterocycles. The molecule has 2 aliphatic heterocycles. The molecular weight excluding hydrogens is 530 g/mol. The van der Waals surface area contributed by atoms with Crippen molar-refractivity contribution in [1.29, 1.82) is 0 Å². The Morgan fingerprint density at radius 2 is 1.88 bits per heavy atom. The number of primary amides is 1. The zero-order valence-electron chi connectivity index (χ0n) is 23.3. The van der Waals surface area contributed by atoms with Gasteiger partial charge in [0, 0.05) is 42.9 Å². The number of aromatic nitrogens is 2. The van der Waals surface area contributed by atoms with Gasteiger partial charge >= 0.3 is 0 Å². The summed E-state index contributed by atoms with van der Waals surface area (Å²) in [5.74, 6) is 0.185. The number of hydrogen-bond acceptors (Lipinski definition) is 6. The van der Waals surface area contributed by atoms with Gasteiger partial charge in [-0.05, 0) is 90.7 Å². The normalized spacial score (nSPS) is 16.5. The Bertz CT molecular complexity index is 1710. The number of nitrogens with two attached hydrogens (primary N) is 1. The molecule has 2 aromatic carbocycles. The molecule has 4 heterocycles. The van der Waals surface area contributed by atoms with Gasteiger partial charge in [0.25, 0.3) is 11.5 Å². The van der Waals surface area contributed by atoms with Crippen molar-refractivity contribution >= 4 is 28.9 Å². The molecule has 9 heteroatoms. The van der Waals surface area contributed by atoms with Crippen molar-refractivity contribution in [3.8, 4) is 5.82 Å². The van der Waals surface area contributed by atoms with Gasteiger partial charge in [0.2, 0.25) is 5.91 Å². The number of hydrogen-bond donors (Lipinski definition) is 1. The molecule has 0 bridgehead atoms. The number of aldehydes is 1. The van der Waals surface area contributed by atoms with Crippen molar-refractivity contribution in [1.82, 2.24) is 19.4 Å². The molecule has 0 saturated carbocycles. The van der Waals surface area contributed by atoms with Crippen molar-refractivity contribution in [2.24, 2.45) is 5.73 Å². The van der Waals surface area contributed by atoms with Gasteiger partial charge in [-0.1, -0.05) is 30.3 Å². The van der Waals surface area contributed by atoms with Crippen LogP contribution >= 0.6 is 0 Å². The third-order valence-electron chi connectivity index (χ3n) is 8.56. The molecule has 9 nitrogen and oxygen atoms in total. The number of carbonyl (C=O) groups excluding carboxylic acids is 3. The van der Waals surface area contributed by atoms with Crippen LogP contribution in [0.1, 0.15) is 58.6 Å². The molecule has 0 spiro atoms. The third-order valence-corrected chi connectivity index (χ3v) is 8.56. The number of likely N-dealkylation sites (tertiary alicyclic amines) is 1. The number of fused-ring (bicyclic) bond motifs is 2. The fourth-order valence-corrected chi connectivity index (χ4v) is 6.29. The minimum absolute atomic E-state index is 0.0775. The second-order valence-corrected chi connectivity index (χ2v) is 11.2. The number of nitrogens with zero attached hydrogens (tertiary/aromatic N) is 4. The molecule has 2 aliphatic rings. The Morgan fingerprint density at radius 3 is 2.62 bits per heavy atom. The molecule has 214 valence electrons. The molecule has 1 atom stereocenters. The molecule has 0 aliphatic carbocycles. The Balaban J connectivity index is 1.12. The number of amides is 2. The average molecular weight is 564 g/mol. The molecule has 0 radical (unpaired) electrons. The van der Waals surface area contributed by atoms with Crippen LogP contribution in [-0.4, -0.2) is 56.6 Å². The number of carbonyl (C=O) groups is 3. The topological polar surface area (TPSA) is 119 Å². The Labute approximate surface area is 243 Å². The van der Waals surface area contributed by atoms with Crippen LogP contribution in [0.5, 0.6) is 0 Å². The lowest BCUT2D eigenvalue weighted by atomic mass is 9.87. The minimum atomic E-state index is -0.783. The van der Waals surface area contributed by atoms with Gasteiger partial charge < -0.3 is 15.4 Å². The van der Waals surface area contributed by atoms with E-state index in [0.717, 1.165) is 55.3 Å². The van der Waals surface area contributed by atoms with E-state index in [1.54, 1.807) is 17.0 Å². The van der Waals surface area contributed by atoms with Gasteiger partial charge in [0.15, 0.2) is 0 Å². The molecule has 4 aromatic rings. The van der Waals surface area contributed by atoms with Gasteiger partial charge in [-0.2, -0.15) is 0 Å². The molecule has 1 saturated heterocycles. The molecule has 2 amide bonds. The summed E-state index contributed by atoms with van der Waals surface area (Å²) in [5, 5.41) is 1.59. The van der Waals surface area contributed by atoms with Crippen molar-refractivity contribution in [2.75, 3.05) is 13.1 Å². The van der Waals surface area contributed by atoms with Crippen LogP contribution in [0.3, 0.4) is 0 Å². The highest BCUT2D eigenvalue weighted by molar-refractivity contribution is 6.01. The minimum Gasteiger partial charge on any atom is -0.368 e. The Hall–Kier alpha value is -4.63. The summed E-state index contributed by atoms with van der Waals surface area (Å²) in [6.45, 7) is 2.95. The Morgan fingerprint density at radius 1 is 1.05 bits per heavy atom. The lowest BCUT2D eigenvalue weighted by Gasteiger charge is -2.32. The fourth-order valence-electron chi connectivity index (χ4n) is 6.29. The molecule has 2 N–H and O–H groups in total. The van der Waals surface area contributed by atoms with E-state index >= 15 is 0 Å². The van der Waals surface area contributed by atoms with E-state index in [9.17, 15) is 19.2 Å². The van der Waals surface area contributed by atoms with Gasteiger partial charge in [0.1, 0.15) is 18.1 Å². The second-order valence-electron chi connectivity index (χ2n) is 11.2. The monoisotopic (exact) mass is 563 g/mol. The van der Waals surface area contributed by atoms with Crippen LogP contribution < -0.4 is 11.3 Å². The van der Waals surface area contributed by atoms with Gasteiger partial charge in [0.05, 0.1) is 0 Å². The van der Waals surface area contributed by atoms with E-state index in [2.05, 4.69) is 22.0 Å². The smallest absolute Gasteiger partial charge is 0.264 e. The summed E-state index contributed by atoms with van der Waals surface area (Å²) >= 11 is 0. The van der Waals surface area contributed by atoms with Crippen LogP contribution in [0, 0.1) is 0 Å². The summed E-state index contributed by atoms with van der Waals surface area (Å²) in [6, 6.07) is 18.8. The number of benzene rings is 2. The zero-order chi connectivity index (χ0) is 29.2. The number of pyridine rings is 2. The summed E-state index contributed by atoms with van der Waals surface area (Å²) in [4.78, 5) is 57.4. The van der Waals surface area contributed by atoms with E-state index in [1.807, 2.05) is 48.5 Å². The van der Waals surface area contributed by atoms with Gasteiger partial charge in [-0.15, -0.1) is 0 Å². The number of piperidine rings is 1. The standard InChI is InChI=1S/C33H33N5O4/c34-31(40)29(4-3-17-39)38-21-26-19-25(8-9-27(26)32(38)41)23-10-14-36(15-11-23)20-22-6-7-24-12-16-37(33(42)28(24)18-22)30-5-1-2-13-35-30/h1-2,5-9,12-13,16-19,23,29H,3-4,10-11,14-15,20-21H2,(H2,34,40). The highest BCUT2D eigenvalue weighted by atomic mass is 16.2. The SMILES string of the molecule is NC(=O)C(CCC=O)N1Cc2cc(C3CCN(Cc4ccc5ccn(-c6ccccn6)c(=O)c5c4)CC3)ccc2C1=O. The lowest BCUT2D eigenvalue weighted by Crippen LogP contribution is -2.44. The maximum atomic E-state index is 13.3. The van der Waals surface area contributed by atoms with E-state index in [1.165, 1.54) is 10.5 Å². The zero-order valence-corrected chi connectivity index (χ0v) is 23.3. The maximum absolute atomic E-state index is 13.3. The fraction of sp³-hybridized carbons (Fsp3) is 0.303. The second kappa shape index (κ2) is 11.7. The van der Waals surface area contributed by atoms with Crippen LogP contribution in [0.4, 0.5) is 0 Å². The molecular formula is C33H33N5O4. The maximum Gasteiger partial charge on any atom is 0.264 e. The van der Waals surface area contributed by atoms with Gasteiger partial charge in [-0.25, -0.2) is 4.98 Å². The van der Waals surface area contributed by atoms with Crippen molar-refractivity contribution in [2.45, 2.75) is 50.7 Å². The molecule has 42 heavy (non-hydrogen) atoms. The van der Waals surface area contributed by atoms with E-state index in [4.69, 9.17) is 5.73 Å². The predicted molar refractivity (Wildman–Crippen MR) is 159 cm³/mol. The van der Waals surface area contributed by atoms with Crippen LogP contribution in [-0.2, 0) is 22.7 Å². The van der Waals surface area contributed by atoms with Crippen LogP contribution in [0.25, 0.3) is 16.6 Å². The average Bonchev–Trinajstić information content (AvgIpc) is 3.33. The lowest BCUT2D eigenvalue weighted by molar-refractivity contribution is -0.122. The van der Waals surface area contributed by atoms with Crippen molar-refractivity contribution in [3.63, 3.8) is 0 Å². The van der Waals surface area contributed by atoms with E-state index in [-0.39, 0.29) is 24.3 Å². The first-order valence-electron chi connectivity index (χ1n) is 14.4. The van der Waals surface area contributed by atoms with Crippen LogP contribution in [0.15, 0.2) is 77.9 Å². The third kappa shape index (κ3) is 5.35. The first-order chi connectivity index (χ1) is 20.4. The van der Waals surface area contributed by atoms with Gasteiger partial charge in [-0.3, -0.25) is 23.9 Å². The molecule has 1 fully saturated rings. The first-order valence-corrected chi connectivity index (χ1v) is 14.4. The quantitative estimate of drug-likeness (QED) is 0.311. The highest BCUT2D eigenvalue weighted by Crippen LogP contribution is 2.33. The summed E-state index contributed by atoms with van der Waals surface area (Å²) in [5.41, 5.74) is 9.30. The van der Waals surface area contributed by atoms with Crippen molar-refractivity contribution < 1.29 is 14.4 Å². The predicted octanol–water partition coefficient (Wildman–Crippen LogP) is 3.55. The van der Waals surface area contributed by atoms with E-state index < -0.39 is 11.9 Å². The Kier molecular flexibility index (Phi) is 7.67. The van der Waals surface area contributed by atoms with E-state index in [0.29, 0.717) is 29.2 Å². The summed E-state index contributed by atoms with van der Waals surface area (Å²) in [6.07, 6.45) is 6.59. The molecule has 1 unspecified atom stereocenters. The largest absolute Gasteiger partial charge is 0.368 e. The summed E-state index contributed by atoms with van der Waals surface area (Å²) < 4.78 is 1.58. The highest BCUT2D eigenvalue weighted by Gasteiger charge is 2.35. The summed E-state index contributed by atoms with van der Waals surface area (Å²) in [7, 11) is 0. The number of rotatable bonds is 9. The first kappa shape index (κ1) is 27.5. The van der Waals surface area contributed by atoms with Crippen LogP contribution in [0.2, 0.25) is 0 Å².